The standard InChI is InChI=1S/C20H30N6O.HI/c1-3-21-20(22-12-8-14-26-15-9-13-24-26)23-16-19(27)25(4-2)17-18-10-6-5-7-11-18;/h5-7,9-11,13,15H,3-4,8,12,14,16-17H2,1-2H3,(H2,21,22,23);1H. The molecule has 154 valence electrons. The monoisotopic (exact) mass is 498 g/mol. The molecule has 0 aliphatic rings. The van der Waals surface area contributed by atoms with Crippen LogP contribution in [0.1, 0.15) is 25.8 Å². The summed E-state index contributed by atoms with van der Waals surface area (Å²) in [7, 11) is 0. The second kappa shape index (κ2) is 14.0. The first-order valence-corrected chi connectivity index (χ1v) is 9.54. The molecule has 1 aromatic carbocycles. The number of aromatic nitrogens is 2. The van der Waals surface area contributed by atoms with Crippen molar-refractivity contribution in [1.29, 1.82) is 0 Å². The summed E-state index contributed by atoms with van der Waals surface area (Å²) in [5.74, 6) is 0.692. The number of carbonyl (C=O) groups is 1. The molecule has 0 aliphatic carbocycles. The lowest BCUT2D eigenvalue weighted by atomic mass is 10.2. The summed E-state index contributed by atoms with van der Waals surface area (Å²) in [6, 6.07) is 11.9. The number of nitrogens with one attached hydrogen (secondary N) is 2. The minimum Gasteiger partial charge on any atom is -0.357 e. The minimum absolute atomic E-state index is 0. The van der Waals surface area contributed by atoms with Gasteiger partial charge in [-0.25, -0.2) is 4.99 Å². The second-order valence-electron chi connectivity index (χ2n) is 6.14. The van der Waals surface area contributed by atoms with Crippen molar-refractivity contribution in [2.75, 3.05) is 26.2 Å². The molecule has 0 radical (unpaired) electrons. The quantitative estimate of drug-likeness (QED) is 0.229. The summed E-state index contributed by atoms with van der Waals surface area (Å²) in [5, 5.41) is 10.6. The van der Waals surface area contributed by atoms with Crippen LogP contribution in [0.5, 0.6) is 0 Å². The summed E-state index contributed by atoms with van der Waals surface area (Å²) in [6.07, 6.45) is 4.65. The van der Waals surface area contributed by atoms with Crippen molar-refractivity contribution in [2.24, 2.45) is 4.99 Å². The van der Waals surface area contributed by atoms with Gasteiger partial charge >= 0.3 is 0 Å². The molecule has 8 heteroatoms. The SMILES string of the molecule is CCNC(=NCC(=O)N(CC)Cc1ccccc1)NCCCn1cccn1.I. The molecule has 0 bridgehead atoms. The summed E-state index contributed by atoms with van der Waals surface area (Å²) >= 11 is 0. The lowest BCUT2D eigenvalue weighted by Crippen LogP contribution is -2.39. The van der Waals surface area contributed by atoms with Crippen LogP contribution in [0.4, 0.5) is 0 Å². The van der Waals surface area contributed by atoms with Crippen LogP contribution in [0.25, 0.3) is 0 Å². The number of likely N-dealkylation sites (N-methyl/N-ethyl adjacent to an activating group) is 1. The van der Waals surface area contributed by atoms with E-state index in [2.05, 4.69) is 20.7 Å². The second-order valence-corrected chi connectivity index (χ2v) is 6.14. The average Bonchev–Trinajstić information content (AvgIpc) is 3.21. The number of nitrogens with zero attached hydrogens (tertiary/aromatic N) is 4. The van der Waals surface area contributed by atoms with E-state index in [1.807, 2.05) is 66.0 Å². The Balaban J connectivity index is 0.00000392. The Hall–Kier alpha value is -2.10. The third kappa shape index (κ3) is 8.73. The Morgan fingerprint density at radius 3 is 2.61 bits per heavy atom. The predicted octanol–water partition coefficient (Wildman–Crippen LogP) is 2.50. The zero-order valence-electron chi connectivity index (χ0n) is 16.7. The Morgan fingerprint density at radius 1 is 1.18 bits per heavy atom. The smallest absolute Gasteiger partial charge is 0.244 e. The zero-order chi connectivity index (χ0) is 19.3. The van der Waals surface area contributed by atoms with Gasteiger partial charge in [0, 0.05) is 45.1 Å². The first-order chi connectivity index (χ1) is 13.2. The topological polar surface area (TPSA) is 74.6 Å². The van der Waals surface area contributed by atoms with E-state index < -0.39 is 0 Å². The number of hydrogen-bond donors (Lipinski definition) is 2. The van der Waals surface area contributed by atoms with Crippen LogP contribution in [-0.2, 0) is 17.9 Å². The average molecular weight is 498 g/mol. The van der Waals surface area contributed by atoms with Gasteiger partial charge in [-0.15, -0.1) is 24.0 Å². The van der Waals surface area contributed by atoms with E-state index in [1.54, 1.807) is 6.20 Å². The van der Waals surface area contributed by atoms with Gasteiger partial charge in [0.05, 0.1) is 0 Å². The molecule has 0 saturated heterocycles. The molecule has 0 aliphatic heterocycles. The van der Waals surface area contributed by atoms with Crippen LogP contribution in [0.15, 0.2) is 53.8 Å². The van der Waals surface area contributed by atoms with Crippen molar-refractivity contribution in [3.8, 4) is 0 Å². The van der Waals surface area contributed by atoms with Crippen molar-refractivity contribution in [3.63, 3.8) is 0 Å². The summed E-state index contributed by atoms with van der Waals surface area (Å²) in [6.45, 7) is 7.77. The Labute approximate surface area is 184 Å². The number of benzene rings is 1. The fourth-order valence-electron chi connectivity index (χ4n) is 2.65. The van der Waals surface area contributed by atoms with Crippen LogP contribution >= 0.6 is 24.0 Å². The lowest BCUT2D eigenvalue weighted by Gasteiger charge is -2.20. The molecule has 0 fully saturated rings. The van der Waals surface area contributed by atoms with E-state index in [1.165, 1.54) is 0 Å². The highest BCUT2D eigenvalue weighted by molar-refractivity contribution is 14.0. The summed E-state index contributed by atoms with van der Waals surface area (Å²) in [5.41, 5.74) is 1.13. The Morgan fingerprint density at radius 2 is 1.96 bits per heavy atom. The van der Waals surface area contributed by atoms with Crippen LogP contribution < -0.4 is 10.6 Å². The first kappa shape index (κ1) is 23.9. The maximum absolute atomic E-state index is 12.5. The molecule has 1 heterocycles. The maximum atomic E-state index is 12.5. The van der Waals surface area contributed by atoms with Gasteiger partial charge in [0.1, 0.15) is 6.54 Å². The summed E-state index contributed by atoms with van der Waals surface area (Å²) < 4.78 is 1.90. The minimum atomic E-state index is 0. The fraction of sp³-hybridized carbons (Fsp3) is 0.450. The van der Waals surface area contributed by atoms with Gasteiger partial charge in [-0.1, -0.05) is 30.3 Å². The molecule has 0 unspecified atom stereocenters. The normalized spacial score (nSPS) is 10.9. The largest absolute Gasteiger partial charge is 0.357 e. The number of guanidine groups is 1. The van der Waals surface area contributed by atoms with Crippen LogP contribution in [-0.4, -0.2) is 52.7 Å². The third-order valence-electron chi connectivity index (χ3n) is 4.08. The molecule has 2 aromatic rings. The van der Waals surface area contributed by atoms with Gasteiger partial charge in [0.15, 0.2) is 5.96 Å². The van der Waals surface area contributed by atoms with Gasteiger partial charge in [0.2, 0.25) is 5.91 Å². The number of rotatable bonds is 10. The molecule has 7 nitrogen and oxygen atoms in total. The van der Waals surface area contributed by atoms with Crippen molar-refractivity contribution in [1.82, 2.24) is 25.3 Å². The molecular weight excluding hydrogens is 467 g/mol. The number of aryl methyl sites for hydroxylation is 1. The van der Waals surface area contributed by atoms with E-state index in [9.17, 15) is 4.79 Å². The van der Waals surface area contributed by atoms with Gasteiger partial charge in [-0.2, -0.15) is 5.10 Å². The molecule has 2 N–H and O–H groups in total. The van der Waals surface area contributed by atoms with E-state index >= 15 is 0 Å². The van der Waals surface area contributed by atoms with E-state index in [0.717, 1.165) is 31.6 Å². The molecule has 1 aromatic heterocycles. The molecule has 0 spiro atoms. The number of carbonyl (C=O) groups excluding carboxylic acids is 1. The van der Waals surface area contributed by atoms with Crippen LogP contribution in [0, 0.1) is 0 Å². The van der Waals surface area contributed by atoms with Gasteiger partial charge in [-0.05, 0) is 31.9 Å². The summed E-state index contributed by atoms with van der Waals surface area (Å²) in [4.78, 5) is 18.8. The number of hydrogen-bond acceptors (Lipinski definition) is 3. The fourth-order valence-corrected chi connectivity index (χ4v) is 2.65. The molecule has 2 rings (SSSR count). The number of amides is 1. The Kier molecular flexibility index (Phi) is 11.9. The molecule has 0 atom stereocenters. The lowest BCUT2D eigenvalue weighted by molar-refractivity contribution is -0.130. The van der Waals surface area contributed by atoms with Crippen molar-refractivity contribution in [2.45, 2.75) is 33.4 Å². The van der Waals surface area contributed by atoms with Crippen molar-refractivity contribution in [3.05, 3.63) is 54.4 Å². The van der Waals surface area contributed by atoms with Crippen molar-refractivity contribution < 1.29 is 4.79 Å². The van der Waals surface area contributed by atoms with Gasteiger partial charge in [-0.3, -0.25) is 9.48 Å². The highest BCUT2D eigenvalue weighted by Crippen LogP contribution is 2.04. The molecular formula is C20H31IN6O. The zero-order valence-corrected chi connectivity index (χ0v) is 19.0. The number of halogens is 1. The predicted molar refractivity (Wildman–Crippen MR) is 124 cm³/mol. The Bertz CT molecular complexity index is 690. The highest BCUT2D eigenvalue weighted by atomic mass is 127. The number of aliphatic imine (C=N–C) groups is 1. The van der Waals surface area contributed by atoms with E-state index in [-0.39, 0.29) is 36.4 Å². The van der Waals surface area contributed by atoms with Crippen LogP contribution in [0.3, 0.4) is 0 Å². The molecule has 28 heavy (non-hydrogen) atoms. The third-order valence-corrected chi connectivity index (χ3v) is 4.08. The van der Waals surface area contributed by atoms with E-state index in [4.69, 9.17) is 0 Å². The highest BCUT2D eigenvalue weighted by Gasteiger charge is 2.12. The van der Waals surface area contributed by atoms with Gasteiger partial charge < -0.3 is 15.5 Å². The van der Waals surface area contributed by atoms with E-state index in [0.29, 0.717) is 19.0 Å². The first-order valence-electron chi connectivity index (χ1n) is 9.54. The van der Waals surface area contributed by atoms with Crippen molar-refractivity contribution >= 4 is 35.8 Å². The van der Waals surface area contributed by atoms with Crippen LogP contribution in [0.2, 0.25) is 0 Å². The molecule has 1 amide bonds. The maximum Gasteiger partial charge on any atom is 0.244 e. The molecule has 0 saturated carbocycles. The van der Waals surface area contributed by atoms with Gasteiger partial charge in [0.25, 0.3) is 0 Å².